The largest absolute Gasteiger partial charge is 0.418 e. The molecule has 0 aliphatic carbocycles. The average Bonchev–Trinajstić information content (AvgIpc) is 2.60. The van der Waals surface area contributed by atoms with Gasteiger partial charge >= 0.3 is 6.18 Å². The third-order valence-corrected chi connectivity index (χ3v) is 4.03. The van der Waals surface area contributed by atoms with Crippen molar-refractivity contribution in [2.24, 2.45) is 0 Å². The molecule has 1 heterocycles. The van der Waals surface area contributed by atoms with Gasteiger partial charge < -0.3 is 11.1 Å². The molecule has 0 spiro atoms. The summed E-state index contributed by atoms with van der Waals surface area (Å²) >= 11 is 0. The van der Waals surface area contributed by atoms with E-state index in [9.17, 15) is 18.0 Å². The van der Waals surface area contributed by atoms with Crippen LogP contribution in [0, 0.1) is 0 Å². The molecule has 0 aliphatic rings. The van der Waals surface area contributed by atoms with Crippen LogP contribution in [0.15, 0.2) is 48.7 Å². The number of fused-ring (bicyclic) bond motifs is 1. The number of hydrogen-bond acceptors (Lipinski definition) is 3. The van der Waals surface area contributed by atoms with Crippen LogP contribution in [0.25, 0.3) is 22.0 Å². The standard InChI is InChI=1S/C19H16F3N3O/c1-2-16(26)25-15-8-7-13(19(20,21)22)18(23)17(15)12-9-11-5-3-4-6-14(11)24-10-12/h3-10H,2,23H2,1H3,(H,25,26). The molecule has 0 saturated heterocycles. The Morgan fingerprint density at radius 3 is 2.62 bits per heavy atom. The Morgan fingerprint density at radius 2 is 1.92 bits per heavy atom. The molecule has 1 aromatic heterocycles. The Morgan fingerprint density at radius 1 is 1.19 bits per heavy atom. The summed E-state index contributed by atoms with van der Waals surface area (Å²) in [6, 6.07) is 11.0. The Labute approximate surface area is 147 Å². The zero-order valence-corrected chi connectivity index (χ0v) is 13.9. The number of nitrogens with two attached hydrogens (primary N) is 1. The van der Waals surface area contributed by atoms with Gasteiger partial charge in [-0.05, 0) is 24.3 Å². The lowest BCUT2D eigenvalue weighted by Gasteiger charge is -2.18. The van der Waals surface area contributed by atoms with E-state index in [1.165, 1.54) is 12.3 Å². The maximum Gasteiger partial charge on any atom is 0.418 e. The summed E-state index contributed by atoms with van der Waals surface area (Å²) in [6.45, 7) is 1.65. The Balaban J connectivity index is 2.25. The highest BCUT2D eigenvalue weighted by molar-refractivity contribution is 6.00. The summed E-state index contributed by atoms with van der Waals surface area (Å²) in [4.78, 5) is 16.1. The number of pyridine rings is 1. The van der Waals surface area contributed by atoms with Gasteiger partial charge in [0, 0.05) is 29.1 Å². The molecule has 3 N–H and O–H groups in total. The van der Waals surface area contributed by atoms with Crippen LogP contribution >= 0.6 is 0 Å². The molecule has 1 amide bonds. The predicted octanol–water partition coefficient (Wildman–Crippen LogP) is 4.85. The number of benzene rings is 2. The van der Waals surface area contributed by atoms with Crippen LogP contribution in [0.2, 0.25) is 0 Å². The van der Waals surface area contributed by atoms with Crippen molar-refractivity contribution in [3.8, 4) is 11.1 Å². The number of para-hydroxylation sites is 1. The molecule has 0 saturated carbocycles. The molecular weight excluding hydrogens is 343 g/mol. The molecule has 0 radical (unpaired) electrons. The number of hydrogen-bond donors (Lipinski definition) is 2. The first-order valence-corrected chi connectivity index (χ1v) is 7.96. The van der Waals surface area contributed by atoms with Crippen molar-refractivity contribution in [3.63, 3.8) is 0 Å². The second-order valence-electron chi connectivity index (χ2n) is 5.77. The summed E-state index contributed by atoms with van der Waals surface area (Å²) < 4.78 is 39.8. The van der Waals surface area contributed by atoms with Gasteiger partial charge in [0.2, 0.25) is 5.91 Å². The number of nitrogen functional groups attached to an aromatic ring is 1. The number of nitrogens with one attached hydrogen (secondary N) is 1. The van der Waals surface area contributed by atoms with Crippen molar-refractivity contribution in [2.75, 3.05) is 11.1 Å². The molecular formula is C19H16F3N3O. The average molecular weight is 359 g/mol. The van der Waals surface area contributed by atoms with E-state index in [0.717, 1.165) is 11.5 Å². The molecule has 3 aromatic rings. The minimum absolute atomic E-state index is 0.111. The SMILES string of the molecule is CCC(=O)Nc1ccc(C(F)(F)F)c(N)c1-c1cnc2ccccc2c1. The van der Waals surface area contributed by atoms with Gasteiger partial charge in [-0.2, -0.15) is 13.2 Å². The zero-order chi connectivity index (χ0) is 18.9. The topological polar surface area (TPSA) is 68.0 Å². The van der Waals surface area contributed by atoms with Crippen LogP contribution in [0.5, 0.6) is 0 Å². The summed E-state index contributed by atoms with van der Waals surface area (Å²) in [5.74, 6) is -0.320. The van der Waals surface area contributed by atoms with Crippen LogP contribution in [-0.2, 0) is 11.0 Å². The molecule has 0 fully saturated rings. The lowest BCUT2D eigenvalue weighted by atomic mass is 9.97. The van der Waals surface area contributed by atoms with Gasteiger partial charge in [-0.1, -0.05) is 25.1 Å². The van der Waals surface area contributed by atoms with E-state index in [4.69, 9.17) is 5.73 Å². The van der Waals surface area contributed by atoms with Crippen LogP contribution in [0.4, 0.5) is 24.5 Å². The Kier molecular flexibility index (Phi) is 4.54. The molecule has 0 aliphatic heterocycles. The molecule has 0 atom stereocenters. The zero-order valence-electron chi connectivity index (χ0n) is 13.9. The van der Waals surface area contributed by atoms with E-state index in [1.54, 1.807) is 25.1 Å². The van der Waals surface area contributed by atoms with E-state index < -0.39 is 17.4 Å². The highest BCUT2D eigenvalue weighted by atomic mass is 19.4. The summed E-state index contributed by atoms with van der Waals surface area (Å²) in [5.41, 5.74) is 5.92. The molecule has 134 valence electrons. The van der Waals surface area contributed by atoms with Crippen molar-refractivity contribution in [1.29, 1.82) is 0 Å². The van der Waals surface area contributed by atoms with E-state index >= 15 is 0 Å². The fourth-order valence-corrected chi connectivity index (χ4v) is 2.73. The fourth-order valence-electron chi connectivity index (χ4n) is 2.73. The van der Waals surface area contributed by atoms with E-state index in [0.29, 0.717) is 11.1 Å². The number of alkyl halides is 3. The second kappa shape index (κ2) is 6.67. The van der Waals surface area contributed by atoms with E-state index in [2.05, 4.69) is 10.3 Å². The number of aromatic nitrogens is 1. The van der Waals surface area contributed by atoms with Crippen LogP contribution in [0.3, 0.4) is 0 Å². The molecule has 7 heteroatoms. The molecule has 26 heavy (non-hydrogen) atoms. The summed E-state index contributed by atoms with van der Waals surface area (Å²) in [6.07, 6.45) is -2.96. The van der Waals surface area contributed by atoms with Crippen molar-refractivity contribution in [2.45, 2.75) is 19.5 Å². The minimum Gasteiger partial charge on any atom is -0.398 e. The maximum absolute atomic E-state index is 13.3. The van der Waals surface area contributed by atoms with Crippen LogP contribution < -0.4 is 11.1 Å². The number of halogens is 3. The minimum atomic E-state index is -4.60. The quantitative estimate of drug-likeness (QED) is 0.657. The molecule has 4 nitrogen and oxygen atoms in total. The van der Waals surface area contributed by atoms with Crippen LogP contribution in [-0.4, -0.2) is 10.9 Å². The van der Waals surface area contributed by atoms with Gasteiger partial charge in [0.25, 0.3) is 0 Å². The van der Waals surface area contributed by atoms with E-state index in [1.807, 2.05) is 12.1 Å². The molecule has 2 aromatic carbocycles. The maximum atomic E-state index is 13.3. The van der Waals surface area contributed by atoms with Gasteiger partial charge in [0.15, 0.2) is 0 Å². The first-order valence-electron chi connectivity index (χ1n) is 7.96. The lowest BCUT2D eigenvalue weighted by molar-refractivity contribution is -0.136. The van der Waals surface area contributed by atoms with Gasteiger partial charge in [-0.25, -0.2) is 0 Å². The normalized spacial score (nSPS) is 11.5. The van der Waals surface area contributed by atoms with Crippen LogP contribution in [0.1, 0.15) is 18.9 Å². The highest BCUT2D eigenvalue weighted by Crippen LogP contribution is 2.42. The highest BCUT2D eigenvalue weighted by Gasteiger charge is 2.34. The third kappa shape index (κ3) is 3.33. The number of nitrogens with zero attached hydrogens (tertiary/aromatic N) is 1. The number of carbonyl (C=O) groups excluding carboxylic acids is 1. The van der Waals surface area contributed by atoms with Crippen molar-refractivity contribution in [3.05, 3.63) is 54.2 Å². The smallest absolute Gasteiger partial charge is 0.398 e. The van der Waals surface area contributed by atoms with Gasteiger partial charge in [-0.15, -0.1) is 0 Å². The van der Waals surface area contributed by atoms with Gasteiger partial charge in [0.05, 0.1) is 22.5 Å². The summed E-state index contributed by atoms with van der Waals surface area (Å²) in [7, 11) is 0. The summed E-state index contributed by atoms with van der Waals surface area (Å²) in [5, 5.41) is 3.37. The molecule has 0 unspecified atom stereocenters. The first-order chi connectivity index (χ1) is 12.3. The predicted molar refractivity (Wildman–Crippen MR) is 95.5 cm³/mol. The number of amides is 1. The Bertz CT molecular complexity index is 983. The number of rotatable bonds is 3. The molecule has 0 bridgehead atoms. The second-order valence-corrected chi connectivity index (χ2v) is 5.77. The number of carbonyl (C=O) groups is 1. The Hall–Kier alpha value is -3.09. The third-order valence-electron chi connectivity index (χ3n) is 4.03. The monoisotopic (exact) mass is 359 g/mol. The van der Waals surface area contributed by atoms with E-state index in [-0.39, 0.29) is 23.6 Å². The van der Waals surface area contributed by atoms with Crippen molar-refractivity contribution >= 4 is 28.2 Å². The fraction of sp³-hybridized carbons (Fsp3) is 0.158. The van der Waals surface area contributed by atoms with Crippen molar-refractivity contribution in [1.82, 2.24) is 4.98 Å². The molecule has 3 rings (SSSR count). The van der Waals surface area contributed by atoms with Gasteiger partial charge in [-0.3, -0.25) is 9.78 Å². The number of anilines is 2. The van der Waals surface area contributed by atoms with Gasteiger partial charge in [0.1, 0.15) is 0 Å². The van der Waals surface area contributed by atoms with Crippen molar-refractivity contribution < 1.29 is 18.0 Å². The first kappa shape index (κ1) is 17.7. The lowest BCUT2D eigenvalue weighted by Crippen LogP contribution is -2.14.